The average Bonchev–Trinajstić information content (AvgIpc) is 2.41. The number of hydrogen-bond donors (Lipinski definition) is 0. The number of cyclic esters (lactones) is 1. The molecule has 1 aliphatic heterocycles. The minimum absolute atomic E-state index is 0.00422. The largest absolute Gasteiger partial charge is 0.454 e. The maximum atomic E-state index is 11.7. The molecule has 1 atom stereocenters. The predicted molar refractivity (Wildman–Crippen MR) is 73.1 cm³/mol. The van der Waals surface area contributed by atoms with E-state index in [0.717, 1.165) is 36.8 Å². The van der Waals surface area contributed by atoms with Crippen molar-refractivity contribution < 1.29 is 9.53 Å². The molecular weight excluding hydrogens is 224 g/mol. The number of allylic oxidation sites excluding steroid dienone is 1. The van der Waals surface area contributed by atoms with Gasteiger partial charge in [0.25, 0.3) is 0 Å². The number of hydrogen-bond acceptors (Lipinski definition) is 2. The van der Waals surface area contributed by atoms with Crippen LogP contribution < -0.4 is 0 Å². The molecule has 0 aromatic heterocycles. The third-order valence-electron chi connectivity index (χ3n) is 3.39. The lowest BCUT2D eigenvalue weighted by atomic mass is 9.89. The highest BCUT2D eigenvalue weighted by molar-refractivity contribution is 6.03. The highest BCUT2D eigenvalue weighted by atomic mass is 16.6. The fraction of sp³-hybridized carbons (Fsp3) is 0.438. The van der Waals surface area contributed by atoms with Gasteiger partial charge in [0.15, 0.2) is 0 Å². The van der Waals surface area contributed by atoms with E-state index in [0.29, 0.717) is 0 Å². The molecule has 2 nitrogen and oxygen atoms in total. The van der Waals surface area contributed by atoms with Crippen molar-refractivity contribution in [3.63, 3.8) is 0 Å². The molecule has 1 fully saturated rings. The zero-order chi connectivity index (χ0) is 13.0. The van der Waals surface area contributed by atoms with Crippen LogP contribution in [0.2, 0.25) is 0 Å². The Kier molecular flexibility index (Phi) is 4.19. The summed E-state index contributed by atoms with van der Waals surface area (Å²) in [5.74, 6) is -0.128. The molecule has 1 saturated heterocycles. The third kappa shape index (κ3) is 2.47. The van der Waals surface area contributed by atoms with E-state index >= 15 is 0 Å². The maximum Gasteiger partial charge on any atom is 0.338 e. The van der Waals surface area contributed by atoms with E-state index in [4.69, 9.17) is 4.74 Å². The van der Waals surface area contributed by atoms with Gasteiger partial charge in [0.05, 0.1) is 5.57 Å². The van der Waals surface area contributed by atoms with E-state index in [1.807, 2.05) is 18.2 Å². The third-order valence-corrected chi connectivity index (χ3v) is 3.39. The summed E-state index contributed by atoms with van der Waals surface area (Å²) in [4.78, 5) is 11.7. The van der Waals surface area contributed by atoms with Crippen molar-refractivity contribution in [3.8, 4) is 0 Å². The molecule has 0 amide bonds. The zero-order valence-corrected chi connectivity index (χ0v) is 11.1. The molecule has 1 aliphatic rings. The molecule has 1 aromatic rings. The first-order valence-corrected chi connectivity index (χ1v) is 6.77. The Morgan fingerprint density at radius 1 is 1.22 bits per heavy atom. The van der Waals surface area contributed by atoms with Crippen molar-refractivity contribution in [2.24, 2.45) is 0 Å². The number of rotatable bonds is 5. The molecule has 1 heterocycles. The van der Waals surface area contributed by atoms with Crippen LogP contribution in [0.5, 0.6) is 0 Å². The van der Waals surface area contributed by atoms with E-state index in [1.54, 1.807) is 0 Å². The number of carbonyl (C=O) groups is 1. The Bertz CT molecular complexity index is 445. The number of esters is 1. The lowest BCUT2D eigenvalue weighted by molar-refractivity contribution is -0.155. The fourth-order valence-corrected chi connectivity index (χ4v) is 2.36. The van der Waals surface area contributed by atoms with Gasteiger partial charge in [-0.1, -0.05) is 50.6 Å². The SMILES string of the molecule is CCCC/C(=C1\C(=O)OC1CC)c1ccccc1. The van der Waals surface area contributed by atoms with E-state index in [1.165, 1.54) is 5.57 Å². The van der Waals surface area contributed by atoms with Crippen LogP contribution in [0.3, 0.4) is 0 Å². The Labute approximate surface area is 109 Å². The summed E-state index contributed by atoms with van der Waals surface area (Å²) < 4.78 is 5.19. The Morgan fingerprint density at radius 3 is 2.50 bits per heavy atom. The van der Waals surface area contributed by atoms with Crippen molar-refractivity contribution in [2.75, 3.05) is 0 Å². The number of benzene rings is 1. The molecular formula is C16H20O2. The number of carbonyl (C=O) groups excluding carboxylic acids is 1. The molecule has 2 heteroatoms. The van der Waals surface area contributed by atoms with Gasteiger partial charge in [0.2, 0.25) is 0 Å². The van der Waals surface area contributed by atoms with Crippen LogP contribution in [0.1, 0.15) is 45.1 Å². The summed E-state index contributed by atoms with van der Waals surface area (Å²) in [6.45, 7) is 4.23. The standard InChI is InChI=1S/C16H20O2/c1-3-5-11-13(12-9-7-6-8-10-12)15-14(4-2)18-16(15)17/h6-10,14H,3-5,11H2,1-2H3/b15-13+. The van der Waals surface area contributed by atoms with Crippen molar-refractivity contribution in [1.29, 1.82) is 0 Å². The van der Waals surface area contributed by atoms with Gasteiger partial charge in [-0.15, -0.1) is 0 Å². The van der Waals surface area contributed by atoms with Gasteiger partial charge >= 0.3 is 5.97 Å². The average molecular weight is 244 g/mol. The van der Waals surface area contributed by atoms with Crippen LogP contribution in [0.4, 0.5) is 0 Å². The van der Waals surface area contributed by atoms with E-state index in [-0.39, 0.29) is 12.1 Å². The number of ether oxygens (including phenoxy) is 1. The molecule has 0 spiro atoms. The second kappa shape index (κ2) is 5.85. The zero-order valence-electron chi connectivity index (χ0n) is 11.1. The predicted octanol–water partition coefficient (Wildman–Crippen LogP) is 3.97. The Balaban J connectivity index is 2.36. The second-order valence-corrected chi connectivity index (χ2v) is 4.66. The van der Waals surface area contributed by atoms with Crippen molar-refractivity contribution in [2.45, 2.75) is 45.6 Å². The summed E-state index contributed by atoms with van der Waals surface area (Å²) in [5, 5.41) is 0. The monoisotopic (exact) mass is 244 g/mol. The highest BCUT2D eigenvalue weighted by Crippen LogP contribution is 2.34. The summed E-state index contributed by atoms with van der Waals surface area (Å²) in [7, 11) is 0. The molecule has 0 bridgehead atoms. The van der Waals surface area contributed by atoms with Gasteiger partial charge in [0.1, 0.15) is 6.10 Å². The molecule has 1 unspecified atom stereocenters. The lowest BCUT2D eigenvalue weighted by Crippen LogP contribution is -2.37. The van der Waals surface area contributed by atoms with Crippen LogP contribution in [0.15, 0.2) is 35.9 Å². The van der Waals surface area contributed by atoms with Crippen LogP contribution in [-0.4, -0.2) is 12.1 Å². The summed E-state index contributed by atoms with van der Waals surface area (Å²) >= 11 is 0. The topological polar surface area (TPSA) is 26.3 Å². The first-order chi connectivity index (χ1) is 8.77. The van der Waals surface area contributed by atoms with Crippen LogP contribution >= 0.6 is 0 Å². The van der Waals surface area contributed by atoms with E-state index < -0.39 is 0 Å². The summed E-state index contributed by atoms with van der Waals surface area (Å²) in [6.07, 6.45) is 4.07. The quantitative estimate of drug-likeness (QED) is 0.578. The van der Waals surface area contributed by atoms with Crippen LogP contribution in [0, 0.1) is 0 Å². The minimum atomic E-state index is -0.128. The molecule has 0 aliphatic carbocycles. The lowest BCUT2D eigenvalue weighted by Gasteiger charge is -2.31. The van der Waals surface area contributed by atoms with Gasteiger partial charge in [0, 0.05) is 0 Å². The van der Waals surface area contributed by atoms with Crippen molar-refractivity contribution in [3.05, 3.63) is 41.5 Å². The first kappa shape index (κ1) is 12.9. The Morgan fingerprint density at radius 2 is 1.94 bits per heavy atom. The van der Waals surface area contributed by atoms with Gasteiger partial charge in [-0.2, -0.15) is 0 Å². The summed E-state index contributed by atoms with van der Waals surface area (Å²) in [5.41, 5.74) is 3.24. The minimum Gasteiger partial charge on any atom is -0.454 e. The van der Waals surface area contributed by atoms with Gasteiger partial charge in [-0.3, -0.25) is 0 Å². The molecule has 1 aromatic carbocycles. The van der Waals surface area contributed by atoms with Crippen LogP contribution in [-0.2, 0) is 9.53 Å². The molecule has 0 N–H and O–H groups in total. The smallest absolute Gasteiger partial charge is 0.338 e. The second-order valence-electron chi connectivity index (χ2n) is 4.66. The molecule has 18 heavy (non-hydrogen) atoms. The number of unbranched alkanes of at least 4 members (excludes halogenated alkanes) is 1. The molecule has 2 rings (SSSR count). The maximum absolute atomic E-state index is 11.7. The van der Waals surface area contributed by atoms with Crippen molar-refractivity contribution in [1.82, 2.24) is 0 Å². The molecule has 96 valence electrons. The van der Waals surface area contributed by atoms with Crippen molar-refractivity contribution >= 4 is 11.5 Å². The van der Waals surface area contributed by atoms with Gasteiger partial charge < -0.3 is 4.74 Å². The summed E-state index contributed by atoms with van der Waals surface area (Å²) in [6, 6.07) is 10.2. The van der Waals surface area contributed by atoms with E-state index in [2.05, 4.69) is 26.0 Å². The Hall–Kier alpha value is -1.57. The van der Waals surface area contributed by atoms with Gasteiger partial charge in [-0.05, 0) is 30.4 Å². The molecule has 0 saturated carbocycles. The normalized spacial score (nSPS) is 21.2. The van der Waals surface area contributed by atoms with Gasteiger partial charge in [-0.25, -0.2) is 4.79 Å². The molecule has 0 radical (unpaired) electrons. The fourth-order valence-electron chi connectivity index (χ4n) is 2.36. The first-order valence-electron chi connectivity index (χ1n) is 6.77. The van der Waals surface area contributed by atoms with E-state index in [9.17, 15) is 4.79 Å². The highest BCUT2D eigenvalue weighted by Gasteiger charge is 2.37. The van der Waals surface area contributed by atoms with Crippen LogP contribution in [0.25, 0.3) is 5.57 Å².